The third kappa shape index (κ3) is 2.09. The average Bonchev–Trinajstić information content (AvgIpc) is 2.71. The minimum Gasteiger partial charge on any atom is -0.479 e. The van der Waals surface area contributed by atoms with Crippen molar-refractivity contribution < 1.29 is 15.0 Å². The Labute approximate surface area is 101 Å². The molecule has 0 aromatic carbocycles. The number of H-pyrrole nitrogens is 1. The highest BCUT2D eigenvalue weighted by atomic mass is 16.4. The van der Waals surface area contributed by atoms with Gasteiger partial charge >= 0.3 is 5.97 Å². The van der Waals surface area contributed by atoms with Crippen LogP contribution in [0.15, 0.2) is 6.07 Å². The molecule has 1 aromatic rings. The molecule has 0 saturated heterocycles. The summed E-state index contributed by atoms with van der Waals surface area (Å²) >= 11 is 0. The summed E-state index contributed by atoms with van der Waals surface area (Å²) in [5.41, 5.74) is 2.51. The fraction of sp³-hybridized carbons (Fsp3) is 0.615. The summed E-state index contributed by atoms with van der Waals surface area (Å²) in [7, 11) is 0. The Morgan fingerprint density at radius 3 is 2.65 bits per heavy atom. The van der Waals surface area contributed by atoms with E-state index in [-0.39, 0.29) is 0 Å². The molecule has 0 saturated carbocycles. The zero-order valence-electron chi connectivity index (χ0n) is 10.3. The van der Waals surface area contributed by atoms with Crippen LogP contribution < -0.4 is 0 Å². The number of aromatic nitrogens is 1. The Bertz CT molecular complexity index is 410. The maximum Gasteiger partial charge on any atom is 0.333 e. The number of aromatic amines is 1. The Kier molecular flexibility index (Phi) is 3.00. The molecular weight excluding hydrogens is 218 g/mol. The molecule has 0 radical (unpaired) electrons. The number of aliphatic hydroxyl groups excluding tert-OH is 1. The summed E-state index contributed by atoms with van der Waals surface area (Å²) in [6, 6.07) is 2.01. The van der Waals surface area contributed by atoms with Gasteiger partial charge in [-0.05, 0) is 37.3 Å². The number of fused-ring (bicyclic) bond motifs is 1. The Balaban J connectivity index is 2.33. The van der Waals surface area contributed by atoms with Crippen molar-refractivity contribution in [3.8, 4) is 0 Å². The van der Waals surface area contributed by atoms with Crippen molar-refractivity contribution in [1.82, 2.24) is 4.98 Å². The lowest BCUT2D eigenvalue weighted by Crippen LogP contribution is -2.40. The lowest BCUT2D eigenvalue weighted by atomic mass is 9.83. The van der Waals surface area contributed by atoms with Gasteiger partial charge in [0.1, 0.15) is 0 Å². The van der Waals surface area contributed by atoms with Crippen molar-refractivity contribution in [3.63, 3.8) is 0 Å². The summed E-state index contributed by atoms with van der Waals surface area (Å²) in [5.74, 6) is -1.18. The van der Waals surface area contributed by atoms with Crippen LogP contribution >= 0.6 is 0 Å². The third-order valence-corrected chi connectivity index (χ3v) is 3.73. The summed E-state index contributed by atoms with van der Waals surface area (Å²) < 4.78 is 0. The molecule has 1 atom stereocenters. The number of nitrogens with one attached hydrogen (secondary N) is 1. The molecule has 2 rings (SSSR count). The van der Waals surface area contributed by atoms with Gasteiger partial charge in [0.15, 0.2) is 6.10 Å². The van der Waals surface area contributed by atoms with E-state index in [2.05, 4.69) is 4.98 Å². The number of carboxylic acids is 1. The van der Waals surface area contributed by atoms with E-state index in [0.29, 0.717) is 0 Å². The molecule has 94 valence electrons. The van der Waals surface area contributed by atoms with Crippen molar-refractivity contribution in [2.75, 3.05) is 0 Å². The van der Waals surface area contributed by atoms with Gasteiger partial charge in [0.25, 0.3) is 0 Å². The number of hydrogen-bond acceptors (Lipinski definition) is 2. The number of aliphatic carboxylic acids is 1. The minimum absolute atomic E-state index is 0.789. The topological polar surface area (TPSA) is 73.3 Å². The van der Waals surface area contributed by atoms with Crippen LogP contribution in [0.5, 0.6) is 0 Å². The first-order chi connectivity index (χ1) is 7.93. The quantitative estimate of drug-likeness (QED) is 0.748. The Morgan fingerprint density at radius 1 is 1.41 bits per heavy atom. The van der Waals surface area contributed by atoms with E-state index in [4.69, 9.17) is 5.11 Å². The first kappa shape index (κ1) is 12.2. The second-order valence-corrected chi connectivity index (χ2v) is 5.36. The van der Waals surface area contributed by atoms with Gasteiger partial charge in [-0.2, -0.15) is 0 Å². The first-order valence-corrected chi connectivity index (χ1v) is 6.05. The van der Waals surface area contributed by atoms with Crippen molar-refractivity contribution in [3.05, 3.63) is 23.0 Å². The monoisotopic (exact) mass is 237 g/mol. The number of rotatable bonds is 3. The first-order valence-electron chi connectivity index (χ1n) is 6.05. The minimum atomic E-state index is -1.39. The highest BCUT2D eigenvalue weighted by Gasteiger charge is 2.37. The maximum absolute atomic E-state index is 10.9. The molecular formula is C13H19NO3. The summed E-state index contributed by atoms with van der Waals surface area (Å²) in [4.78, 5) is 14.2. The Morgan fingerprint density at radius 2 is 2.06 bits per heavy atom. The molecule has 4 heteroatoms. The van der Waals surface area contributed by atoms with Gasteiger partial charge in [0.2, 0.25) is 0 Å². The largest absolute Gasteiger partial charge is 0.479 e. The van der Waals surface area contributed by atoms with Crippen LogP contribution in [0, 0.1) is 0 Å². The van der Waals surface area contributed by atoms with E-state index >= 15 is 0 Å². The van der Waals surface area contributed by atoms with E-state index in [0.717, 1.165) is 18.5 Å². The maximum atomic E-state index is 10.9. The molecule has 0 spiro atoms. The molecule has 1 aliphatic rings. The van der Waals surface area contributed by atoms with E-state index < -0.39 is 17.5 Å². The van der Waals surface area contributed by atoms with E-state index in [1.165, 1.54) is 24.1 Å². The van der Waals surface area contributed by atoms with Crippen LogP contribution in [0.2, 0.25) is 0 Å². The van der Waals surface area contributed by atoms with Crippen LogP contribution in [0.3, 0.4) is 0 Å². The van der Waals surface area contributed by atoms with Crippen molar-refractivity contribution >= 4 is 5.97 Å². The zero-order chi connectivity index (χ0) is 12.6. The normalized spacial score (nSPS) is 17.6. The predicted octanol–water partition coefficient (Wildman–Crippen LogP) is 1.62. The molecule has 1 heterocycles. The van der Waals surface area contributed by atoms with Crippen LogP contribution in [-0.4, -0.2) is 27.3 Å². The van der Waals surface area contributed by atoms with Gasteiger partial charge in [-0.3, -0.25) is 0 Å². The number of aryl methyl sites for hydroxylation is 2. The molecule has 1 aliphatic carbocycles. The van der Waals surface area contributed by atoms with Gasteiger partial charge in [0, 0.05) is 16.8 Å². The van der Waals surface area contributed by atoms with E-state index in [9.17, 15) is 9.90 Å². The van der Waals surface area contributed by atoms with Crippen molar-refractivity contribution in [2.45, 2.75) is 51.0 Å². The van der Waals surface area contributed by atoms with Crippen LogP contribution in [0.25, 0.3) is 0 Å². The fourth-order valence-electron chi connectivity index (χ4n) is 2.41. The highest BCUT2D eigenvalue weighted by Crippen LogP contribution is 2.31. The second kappa shape index (κ2) is 4.18. The molecule has 0 fully saturated rings. The summed E-state index contributed by atoms with van der Waals surface area (Å²) in [5, 5.41) is 18.7. The summed E-state index contributed by atoms with van der Waals surface area (Å²) in [6.07, 6.45) is 3.04. The summed E-state index contributed by atoms with van der Waals surface area (Å²) in [6.45, 7) is 3.51. The van der Waals surface area contributed by atoms with Gasteiger partial charge in [0.05, 0.1) is 0 Å². The van der Waals surface area contributed by atoms with Crippen LogP contribution in [0.1, 0.15) is 43.6 Å². The average molecular weight is 237 g/mol. The molecule has 0 aliphatic heterocycles. The Hall–Kier alpha value is -1.29. The van der Waals surface area contributed by atoms with Gasteiger partial charge < -0.3 is 15.2 Å². The van der Waals surface area contributed by atoms with Crippen LogP contribution in [-0.2, 0) is 23.1 Å². The molecule has 0 amide bonds. The van der Waals surface area contributed by atoms with Crippen molar-refractivity contribution in [1.29, 1.82) is 0 Å². The molecule has 3 N–H and O–H groups in total. The lowest BCUT2D eigenvalue weighted by molar-refractivity contribution is -0.150. The van der Waals surface area contributed by atoms with Gasteiger partial charge in [-0.25, -0.2) is 4.79 Å². The van der Waals surface area contributed by atoms with E-state index in [1.54, 1.807) is 13.8 Å². The SMILES string of the molecule is CC(C)(c1cc2c([nH]1)CCCC2)C(O)C(=O)O. The fourth-order valence-corrected chi connectivity index (χ4v) is 2.41. The molecule has 1 unspecified atom stereocenters. The predicted molar refractivity (Wildman–Crippen MR) is 64.1 cm³/mol. The molecule has 0 bridgehead atoms. The van der Waals surface area contributed by atoms with Gasteiger partial charge in [-0.1, -0.05) is 13.8 Å². The molecule has 17 heavy (non-hydrogen) atoms. The van der Waals surface area contributed by atoms with Crippen molar-refractivity contribution in [2.24, 2.45) is 0 Å². The number of aliphatic hydroxyl groups is 1. The zero-order valence-corrected chi connectivity index (χ0v) is 10.3. The molecule has 1 aromatic heterocycles. The number of hydrogen-bond donors (Lipinski definition) is 3. The van der Waals surface area contributed by atoms with Gasteiger partial charge in [-0.15, -0.1) is 0 Å². The smallest absolute Gasteiger partial charge is 0.333 e. The van der Waals surface area contributed by atoms with Crippen LogP contribution in [0.4, 0.5) is 0 Å². The number of carboxylic acid groups (broad SMARTS) is 1. The highest BCUT2D eigenvalue weighted by molar-refractivity contribution is 5.74. The standard InChI is InChI=1S/C13H19NO3/c1-13(2,11(15)12(16)17)10-7-8-5-3-4-6-9(8)14-10/h7,11,14-15H,3-6H2,1-2H3,(H,16,17). The number of carbonyl (C=O) groups is 1. The molecule has 4 nitrogen and oxygen atoms in total. The van der Waals surface area contributed by atoms with E-state index in [1.807, 2.05) is 6.07 Å². The lowest BCUT2D eigenvalue weighted by Gasteiger charge is -2.26. The third-order valence-electron chi connectivity index (χ3n) is 3.73. The second-order valence-electron chi connectivity index (χ2n) is 5.36.